The van der Waals surface area contributed by atoms with Crippen molar-refractivity contribution in [2.75, 3.05) is 18.4 Å². The largest absolute Gasteiger partial charge is 0.390 e. The Morgan fingerprint density at radius 1 is 1.28 bits per heavy atom. The Morgan fingerprint density at radius 3 is 2.60 bits per heavy atom. The number of rotatable bonds is 5. The van der Waals surface area contributed by atoms with Crippen LogP contribution in [0.3, 0.4) is 0 Å². The number of nitrogens with two attached hydrogens (primary N) is 1. The molecule has 3 rings (SSSR count). The predicted octanol–water partition coefficient (Wildman–Crippen LogP) is 2.49. The number of amides is 1. The average molecular weight is 345 g/mol. The number of piperidine rings is 1. The highest BCUT2D eigenvalue weighted by molar-refractivity contribution is 5.76. The van der Waals surface area contributed by atoms with Gasteiger partial charge >= 0.3 is 0 Å². The van der Waals surface area contributed by atoms with Crippen molar-refractivity contribution in [3.05, 3.63) is 29.8 Å². The highest BCUT2D eigenvalue weighted by Gasteiger charge is 2.28. The van der Waals surface area contributed by atoms with E-state index in [0.29, 0.717) is 6.04 Å². The Hall–Kier alpha value is -1.59. The molecule has 0 spiro atoms. The minimum atomic E-state index is -0.489. The van der Waals surface area contributed by atoms with E-state index in [-0.39, 0.29) is 11.8 Å². The van der Waals surface area contributed by atoms with Gasteiger partial charge in [-0.2, -0.15) is 0 Å². The molecule has 0 bridgehead atoms. The topological polar surface area (TPSA) is 78.6 Å². The van der Waals surface area contributed by atoms with Gasteiger partial charge in [0.2, 0.25) is 5.91 Å². The van der Waals surface area contributed by atoms with Crippen LogP contribution in [0.4, 0.5) is 5.69 Å². The van der Waals surface area contributed by atoms with Gasteiger partial charge in [-0.05, 0) is 76.2 Å². The standard InChI is InChI=1S/C20H31N3O2/c1-20(25)9-5-17(6-10-20)22-18-4-2-3-15(13-18)14-23-11-7-16(8-12-23)19(21)24/h2-4,13,16-17,22,25H,5-12,14H2,1H3,(H2,21,24). The molecule has 1 aromatic carbocycles. The van der Waals surface area contributed by atoms with E-state index in [1.807, 2.05) is 6.92 Å². The molecule has 0 radical (unpaired) electrons. The second-order valence-electron chi connectivity index (χ2n) is 8.07. The summed E-state index contributed by atoms with van der Waals surface area (Å²) in [6.07, 6.45) is 5.48. The lowest BCUT2D eigenvalue weighted by Gasteiger charge is -2.34. The molecule has 5 nitrogen and oxygen atoms in total. The van der Waals surface area contributed by atoms with Gasteiger partial charge in [0.1, 0.15) is 0 Å². The molecule has 4 N–H and O–H groups in total. The van der Waals surface area contributed by atoms with E-state index >= 15 is 0 Å². The minimum Gasteiger partial charge on any atom is -0.390 e. The van der Waals surface area contributed by atoms with Gasteiger partial charge < -0.3 is 16.2 Å². The monoisotopic (exact) mass is 345 g/mol. The number of carbonyl (C=O) groups is 1. The third kappa shape index (κ3) is 5.19. The van der Waals surface area contributed by atoms with Crippen molar-refractivity contribution in [3.8, 4) is 0 Å². The van der Waals surface area contributed by atoms with Gasteiger partial charge in [0, 0.05) is 24.2 Å². The summed E-state index contributed by atoms with van der Waals surface area (Å²) < 4.78 is 0. The quantitative estimate of drug-likeness (QED) is 0.766. The van der Waals surface area contributed by atoms with Crippen LogP contribution in [0.1, 0.15) is 51.0 Å². The summed E-state index contributed by atoms with van der Waals surface area (Å²) in [4.78, 5) is 13.7. The van der Waals surface area contributed by atoms with E-state index in [0.717, 1.165) is 63.8 Å². The number of benzene rings is 1. The van der Waals surface area contributed by atoms with Crippen LogP contribution in [0, 0.1) is 5.92 Å². The molecular weight excluding hydrogens is 314 g/mol. The van der Waals surface area contributed by atoms with Gasteiger partial charge in [0.05, 0.1) is 5.60 Å². The van der Waals surface area contributed by atoms with Gasteiger partial charge in [-0.15, -0.1) is 0 Å². The third-order valence-corrected chi connectivity index (χ3v) is 5.76. The zero-order valence-corrected chi connectivity index (χ0v) is 15.2. The maximum atomic E-state index is 11.3. The number of nitrogens with zero attached hydrogens (tertiary/aromatic N) is 1. The van der Waals surface area contributed by atoms with Crippen LogP contribution >= 0.6 is 0 Å². The Labute approximate surface area is 150 Å². The van der Waals surface area contributed by atoms with Crippen LogP contribution in [-0.4, -0.2) is 40.6 Å². The molecule has 0 aromatic heterocycles. The first kappa shape index (κ1) is 18.2. The summed E-state index contributed by atoms with van der Waals surface area (Å²) in [5.74, 6) is -0.106. The first-order chi connectivity index (χ1) is 11.9. The van der Waals surface area contributed by atoms with Crippen molar-refractivity contribution in [1.29, 1.82) is 0 Å². The Kier molecular flexibility index (Phi) is 5.64. The van der Waals surface area contributed by atoms with Gasteiger partial charge in [0.15, 0.2) is 0 Å². The summed E-state index contributed by atoms with van der Waals surface area (Å²) >= 11 is 0. The summed E-state index contributed by atoms with van der Waals surface area (Å²) in [5.41, 5.74) is 7.38. The van der Waals surface area contributed by atoms with Gasteiger partial charge in [-0.25, -0.2) is 0 Å². The van der Waals surface area contributed by atoms with E-state index in [2.05, 4.69) is 34.5 Å². The lowest BCUT2D eigenvalue weighted by atomic mass is 9.83. The van der Waals surface area contributed by atoms with E-state index < -0.39 is 5.60 Å². The fourth-order valence-corrected chi connectivity index (χ4v) is 4.01. The zero-order chi connectivity index (χ0) is 17.9. The normalized spacial score (nSPS) is 28.6. The number of hydrogen-bond acceptors (Lipinski definition) is 4. The van der Waals surface area contributed by atoms with E-state index in [4.69, 9.17) is 5.73 Å². The highest BCUT2D eigenvalue weighted by atomic mass is 16.3. The van der Waals surface area contributed by atoms with Gasteiger partial charge in [0.25, 0.3) is 0 Å². The molecule has 1 saturated carbocycles. The lowest BCUT2D eigenvalue weighted by molar-refractivity contribution is -0.123. The molecule has 2 fully saturated rings. The number of primary amides is 1. The zero-order valence-electron chi connectivity index (χ0n) is 15.2. The number of carbonyl (C=O) groups excluding carboxylic acids is 1. The fraction of sp³-hybridized carbons (Fsp3) is 0.650. The fourth-order valence-electron chi connectivity index (χ4n) is 4.01. The molecule has 138 valence electrons. The molecule has 1 aromatic rings. The van der Waals surface area contributed by atoms with Crippen molar-refractivity contribution in [1.82, 2.24) is 4.90 Å². The third-order valence-electron chi connectivity index (χ3n) is 5.76. The molecule has 5 heteroatoms. The van der Waals surface area contributed by atoms with Crippen LogP contribution in [0.2, 0.25) is 0 Å². The number of likely N-dealkylation sites (tertiary alicyclic amines) is 1. The Bertz CT molecular complexity index is 584. The number of hydrogen-bond donors (Lipinski definition) is 3. The summed E-state index contributed by atoms with van der Waals surface area (Å²) in [6.45, 7) is 4.72. The molecular formula is C20H31N3O2. The van der Waals surface area contributed by atoms with Gasteiger partial charge in [-0.3, -0.25) is 9.69 Å². The molecule has 0 atom stereocenters. The average Bonchev–Trinajstić information content (AvgIpc) is 2.58. The smallest absolute Gasteiger partial charge is 0.220 e. The van der Waals surface area contributed by atoms with Crippen molar-refractivity contribution in [3.63, 3.8) is 0 Å². The summed E-state index contributed by atoms with van der Waals surface area (Å²) in [5, 5.41) is 13.7. The lowest BCUT2D eigenvalue weighted by Crippen LogP contribution is -2.38. The van der Waals surface area contributed by atoms with Crippen LogP contribution in [0.15, 0.2) is 24.3 Å². The van der Waals surface area contributed by atoms with E-state index in [1.54, 1.807) is 0 Å². The van der Waals surface area contributed by atoms with Crippen molar-refractivity contribution in [2.24, 2.45) is 11.7 Å². The molecule has 1 aliphatic carbocycles. The molecule has 1 aliphatic heterocycles. The minimum absolute atomic E-state index is 0.0489. The molecule has 1 heterocycles. The van der Waals surface area contributed by atoms with E-state index in [1.165, 1.54) is 5.56 Å². The molecule has 25 heavy (non-hydrogen) atoms. The first-order valence-electron chi connectivity index (χ1n) is 9.51. The molecule has 1 amide bonds. The molecule has 0 unspecified atom stereocenters. The molecule has 2 aliphatic rings. The number of aliphatic hydroxyl groups is 1. The summed E-state index contributed by atoms with van der Waals surface area (Å²) in [6, 6.07) is 9.06. The van der Waals surface area contributed by atoms with Crippen molar-refractivity contribution in [2.45, 2.75) is 63.6 Å². The van der Waals surface area contributed by atoms with Crippen molar-refractivity contribution >= 4 is 11.6 Å². The van der Waals surface area contributed by atoms with Gasteiger partial charge in [-0.1, -0.05) is 12.1 Å². The number of anilines is 1. The first-order valence-corrected chi connectivity index (χ1v) is 9.51. The Balaban J connectivity index is 1.51. The second kappa shape index (κ2) is 7.75. The predicted molar refractivity (Wildman–Crippen MR) is 100 cm³/mol. The van der Waals surface area contributed by atoms with E-state index in [9.17, 15) is 9.90 Å². The maximum absolute atomic E-state index is 11.3. The Morgan fingerprint density at radius 2 is 1.96 bits per heavy atom. The van der Waals surface area contributed by atoms with Crippen molar-refractivity contribution < 1.29 is 9.90 Å². The summed E-state index contributed by atoms with van der Waals surface area (Å²) in [7, 11) is 0. The second-order valence-corrected chi connectivity index (χ2v) is 8.07. The SMILES string of the molecule is CC1(O)CCC(Nc2cccc(CN3CCC(C(N)=O)CC3)c2)CC1. The van der Waals surface area contributed by atoms with Crippen LogP contribution < -0.4 is 11.1 Å². The van der Waals surface area contributed by atoms with Crippen LogP contribution in [-0.2, 0) is 11.3 Å². The molecule has 1 saturated heterocycles. The van der Waals surface area contributed by atoms with Crippen LogP contribution in [0.25, 0.3) is 0 Å². The maximum Gasteiger partial charge on any atom is 0.220 e. The highest BCUT2D eigenvalue weighted by Crippen LogP contribution is 2.29. The van der Waals surface area contributed by atoms with Crippen LogP contribution in [0.5, 0.6) is 0 Å². The number of nitrogens with one attached hydrogen (secondary N) is 1.